The number of halogens is 1. The fourth-order valence-electron chi connectivity index (χ4n) is 3.39. The average molecular weight is 275 g/mol. The maximum atomic E-state index is 14.3. The van der Waals surface area contributed by atoms with Gasteiger partial charge in [-0.2, -0.15) is 0 Å². The normalized spacial score (nSPS) is 17.8. The summed E-state index contributed by atoms with van der Waals surface area (Å²) in [6, 6.07) is 3.26. The lowest BCUT2D eigenvalue weighted by molar-refractivity contribution is -0.143. The van der Waals surface area contributed by atoms with Crippen molar-refractivity contribution in [1.82, 2.24) is 4.98 Å². The van der Waals surface area contributed by atoms with Crippen molar-refractivity contribution in [3.05, 3.63) is 34.8 Å². The van der Waals surface area contributed by atoms with Crippen LogP contribution in [0.15, 0.2) is 12.1 Å². The first-order chi connectivity index (χ1) is 9.45. The maximum Gasteiger partial charge on any atom is 0.314 e. The second kappa shape index (κ2) is 4.33. The van der Waals surface area contributed by atoms with Gasteiger partial charge in [0.25, 0.3) is 0 Å². The van der Waals surface area contributed by atoms with Crippen molar-refractivity contribution in [1.29, 1.82) is 0 Å². The van der Waals surface area contributed by atoms with Crippen molar-refractivity contribution < 1.29 is 14.3 Å². The Labute approximate surface area is 116 Å². The molecule has 0 radical (unpaired) electrons. The summed E-state index contributed by atoms with van der Waals surface area (Å²) >= 11 is 0. The van der Waals surface area contributed by atoms with Crippen LogP contribution in [0.1, 0.15) is 42.5 Å². The summed E-state index contributed by atoms with van der Waals surface area (Å²) in [5.74, 6) is -1.19. The van der Waals surface area contributed by atoms with E-state index < -0.39 is 11.4 Å². The van der Waals surface area contributed by atoms with Gasteiger partial charge in [0.1, 0.15) is 5.82 Å². The van der Waals surface area contributed by atoms with E-state index >= 15 is 0 Å². The summed E-state index contributed by atoms with van der Waals surface area (Å²) in [4.78, 5) is 14.8. The summed E-state index contributed by atoms with van der Waals surface area (Å²) in [5.41, 5.74) is 2.08. The summed E-state index contributed by atoms with van der Waals surface area (Å²) in [7, 11) is 0. The molecular formula is C16H18FNO2. The molecule has 0 saturated heterocycles. The molecule has 1 aliphatic rings. The number of aliphatic carboxylic acids is 1. The van der Waals surface area contributed by atoms with Gasteiger partial charge in [0.2, 0.25) is 0 Å². The summed E-state index contributed by atoms with van der Waals surface area (Å²) < 4.78 is 14.3. The molecule has 1 fully saturated rings. The van der Waals surface area contributed by atoms with Crippen molar-refractivity contribution in [2.24, 2.45) is 0 Å². The molecule has 2 N–H and O–H groups in total. The van der Waals surface area contributed by atoms with Crippen LogP contribution >= 0.6 is 0 Å². The highest BCUT2D eigenvalue weighted by Crippen LogP contribution is 2.43. The molecule has 106 valence electrons. The van der Waals surface area contributed by atoms with Crippen molar-refractivity contribution >= 4 is 16.9 Å². The Morgan fingerprint density at radius 2 is 1.95 bits per heavy atom. The molecule has 0 aliphatic heterocycles. The minimum absolute atomic E-state index is 0.360. The van der Waals surface area contributed by atoms with Gasteiger partial charge >= 0.3 is 5.97 Å². The SMILES string of the molecule is Cc1[nH]c2c(F)cc(C3(C(=O)O)CCCC3)cc2c1C. The molecule has 20 heavy (non-hydrogen) atoms. The Morgan fingerprint density at radius 3 is 2.55 bits per heavy atom. The zero-order chi connectivity index (χ0) is 14.5. The van der Waals surface area contributed by atoms with Gasteiger partial charge in [0.05, 0.1) is 10.9 Å². The molecule has 1 aliphatic carbocycles. The Hall–Kier alpha value is -1.84. The first kappa shape index (κ1) is 13.2. The quantitative estimate of drug-likeness (QED) is 0.875. The van der Waals surface area contributed by atoms with Crippen LogP contribution in [-0.4, -0.2) is 16.1 Å². The van der Waals surface area contributed by atoms with Crippen LogP contribution in [0, 0.1) is 19.7 Å². The maximum absolute atomic E-state index is 14.3. The monoisotopic (exact) mass is 275 g/mol. The number of carbonyl (C=O) groups is 1. The molecule has 0 bridgehead atoms. The van der Waals surface area contributed by atoms with Gasteiger partial charge in [-0.3, -0.25) is 4.79 Å². The Balaban J connectivity index is 2.26. The van der Waals surface area contributed by atoms with E-state index in [-0.39, 0.29) is 5.82 Å². The largest absolute Gasteiger partial charge is 0.481 e. The van der Waals surface area contributed by atoms with E-state index in [9.17, 15) is 14.3 Å². The predicted octanol–water partition coefficient (Wildman–Crippen LogP) is 3.82. The van der Waals surface area contributed by atoms with E-state index in [0.717, 1.165) is 29.5 Å². The second-order valence-electron chi connectivity index (χ2n) is 5.85. The number of aromatic nitrogens is 1. The zero-order valence-electron chi connectivity index (χ0n) is 11.7. The molecule has 0 unspecified atom stereocenters. The molecule has 0 spiro atoms. The molecule has 3 rings (SSSR count). The van der Waals surface area contributed by atoms with Crippen LogP contribution in [0.3, 0.4) is 0 Å². The number of hydrogen-bond donors (Lipinski definition) is 2. The number of rotatable bonds is 2. The van der Waals surface area contributed by atoms with Crippen LogP contribution in [0.25, 0.3) is 10.9 Å². The topological polar surface area (TPSA) is 53.1 Å². The molecule has 1 aromatic heterocycles. The van der Waals surface area contributed by atoms with Gasteiger partial charge in [-0.25, -0.2) is 4.39 Å². The minimum Gasteiger partial charge on any atom is -0.481 e. The van der Waals surface area contributed by atoms with Gasteiger partial charge in [-0.05, 0) is 49.9 Å². The van der Waals surface area contributed by atoms with Crippen LogP contribution in [0.2, 0.25) is 0 Å². The van der Waals surface area contributed by atoms with E-state index in [0.29, 0.717) is 23.9 Å². The Bertz CT molecular complexity index is 696. The van der Waals surface area contributed by atoms with Crippen molar-refractivity contribution in [2.75, 3.05) is 0 Å². The number of carboxylic acids is 1. The number of aryl methyl sites for hydroxylation is 2. The van der Waals surface area contributed by atoms with Crippen LogP contribution < -0.4 is 0 Å². The molecule has 0 atom stereocenters. The molecule has 1 aromatic carbocycles. The summed E-state index contributed by atoms with van der Waals surface area (Å²) in [6.07, 6.45) is 2.96. The lowest BCUT2D eigenvalue weighted by Crippen LogP contribution is -2.32. The predicted molar refractivity (Wildman–Crippen MR) is 75.5 cm³/mol. The third-order valence-corrected chi connectivity index (χ3v) is 4.79. The van der Waals surface area contributed by atoms with Gasteiger partial charge < -0.3 is 10.1 Å². The van der Waals surface area contributed by atoms with Crippen molar-refractivity contribution in [3.8, 4) is 0 Å². The highest BCUT2D eigenvalue weighted by atomic mass is 19.1. The third kappa shape index (κ3) is 1.67. The number of nitrogens with one attached hydrogen (secondary N) is 1. The first-order valence-electron chi connectivity index (χ1n) is 6.98. The van der Waals surface area contributed by atoms with Crippen molar-refractivity contribution in [2.45, 2.75) is 44.9 Å². The minimum atomic E-state index is -0.910. The van der Waals surface area contributed by atoms with E-state index in [2.05, 4.69) is 4.98 Å². The van der Waals surface area contributed by atoms with Crippen molar-refractivity contribution in [3.63, 3.8) is 0 Å². The van der Waals surface area contributed by atoms with Gasteiger partial charge in [-0.1, -0.05) is 12.8 Å². The number of fused-ring (bicyclic) bond motifs is 1. The van der Waals surface area contributed by atoms with Gasteiger partial charge in [-0.15, -0.1) is 0 Å². The molecular weight excluding hydrogens is 257 g/mol. The van der Waals surface area contributed by atoms with E-state index in [1.807, 2.05) is 19.9 Å². The zero-order valence-corrected chi connectivity index (χ0v) is 11.7. The van der Waals surface area contributed by atoms with Crippen LogP contribution in [0.4, 0.5) is 4.39 Å². The number of benzene rings is 1. The summed E-state index contributed by atoms with van der Waals surface area (Å²) in [6.45, 7) is 3.83. The molecule has 1 saturated carbocycles. The molecule has 0 amide bonds. The number of hydrogen-bond acceptors (Lipinski definition) is 1. The number of carboxylic acid groups (broad SMARTS) is 1. The lowest BCUT2D eigenvalue weighted by Gasteiger charge is -2.24. The molecule has 3 nitrogen and oxygen atoms in total. The van der Waals surface area contributed by atoms with Gasteiger partial charge in [0.15, 0.2) is 0 Å². The third-order valence-electron chi connectivity index (χ3n) is 4.79. The van der Waals surface area contributed by atoms with E-state index in [1.54, 1.807) is 0 Å². The number of H-pyrrole nitrogens is 1. The number of aromatic amines is 1. The molecule has 4 heteroatoms. The highest BCUT2D eigenvalue weighted by Gasteiger charge is 2.43. The highest BCUT2D eigenvalue weighted by molar-refractivity contribution is 5.89. The Kier molecular flexibility index (Phi) is 2.85. The summed E-state index contributed by atoms with van der Waals surface area (Å²) in [5, 5.41) is 10.4. The van der Waals surface area contributed by atoms with E-state index in [4.69, 9.17) is 0 Å². The smallest absolute Gasteiger partial charge is 0.314 e. The second-order valence-corrected chi connectivity index (χ2v) is 5.85. The lowest BCUT2D eigenvalue weighted by atomic mass is 9.78. The fraction of sp³-hybridized carbons (Fsp3) is 0.438. The van der Waals surface area contributed by atoms with Crippen LogP contribution in [0.5, 0.6) is 0 Å². The van der Waals surface area contributed by atoms with E-state index in [1.165, 1.54) is 6.07 Å². The van der Waals surface area contributed by atoms with Gasteiger partial charge in [0, 0.05) is 11.1 Å². The fourth-order valence-corrected chi connectivity index (χ4v) is 3.39. The Morgan fingerprint density at radius 1 is 1.30 bits per heavy atom. The first-order valence-corrected chi connectivity index (χ1v) is 6.98. The molecule has 2 aromatic rings. The average Bonchev–Trinajstić information content (AvgIpc) is 2.99. The molecule has 1 heterocycles. The van der Waals surface area contributed by atoms with Crippen LogP contribution in [-0.2, 0) is 10.2 Å². The standard InChI is InChI=1S/C16H18FNO2/c1-9-10(2)18-14-12(9)7-11(8-13(14)17)16(15(19)20)5-3-4-6-16/h7-8,18H,3-6H2,1-2H3,(H,19,20).